The van der Waals surface area contributed by atoms with Crippen LogP contribution in [0.2, 0.25) is 0 Å². The number of nitrogens with one attached hydrogen (secondary N) is 3. The molecule has 3 aromatic rings. The summed E-state index contributed by atoms with van der Waals surface area (Å²) in [4.78, 5) is 127. The number of cyclic esters (lactones) is 1. The second-order valence-electron chi connectivity index (χ2n) is 17.4. The van der Waals surface area contributed by atoms with Gasteiger partial charge in [-0.2, -0.15) is 0 Å². The average molecular weight is 922 g/mol. The lowest BCUT2D eigenvalue weighted by Gasteiger charge is -2.40. The summed E-state index contributed by atoms with van der Waals surface area (Å²) in [6.07, 6.45) is 1.59. The van der Waals surface area contributed by atoms with E-state index in [1.54, 1.807) is 62.5 Å². The van der Waals surface area contributed by atoms with Crippen LogP contribution in [-0.4, -0.2) is 162 Å². The molecule has 0 saturated carbocycles. The monoisotopic (exact) mass is 921 g/mol. The number of piperidine rings is 1. The molecular formula is C48H59N9O10. The molecule has 0 aliphatic carbocycles. The number of Topliss-reactive ketones (excluding diaryl/α,β-unsaturated/α-hetero) is 1. The molecule has 3 aliphatic heterocycles. The first kappa shape index (κ1) is 49.1. The first-order chi connectivity index (χ1) is 31.9. The van der Waals surface area contributed by atoms with Gasteiger partial charge in [0.25, 0.3) is 5.91 Å². The highest BCUT2D eigenvalue weighted by Crippen LogP contribution is 2.28. The summed E-state index contributed by atoms with van der Waals surface area (Å²) in [6.45, 7) is 2.83. The van der Waals surface area contributed by atoms with Gasteiger partial charge in [-0.1, -0.05) is 49.4 Å². The smallest absolute Gasteiger partial charge is 0.333 e. The molecule has 2 aromatic carbocycles. The molecule has 6 rings (SSSR count). The predicted molar refractivity (Wildman–Crippen MR) is 245 cm³/mol. The molecule has 6 amide bonds. The number of fused-ring (bicyclic) bond motifs is 2. The van der Waals surface area contributed by atoms with E-state index in [-0.39, 0.29) is 43.5 Å². The number of carbonyl (C=O) groups is 8. The number of ether oxygens (including phenoxy) is 1. The van der Waals surface area contributed by atoms with Gasteiger partial charge in [-0.3, -0.25) is 33.6 Å². The highest BCUT2D eigenvalue weighted by Gasteiger charge is 2.46. The molecule has 1 aromatic heterocycles. The fourth-order valence-electron chi connectivity index (χ4n) is 8.56. The van der Waals surface area contributed by atoms with Gasteiger partial charge in [0, 0.05) is 78.3 Å². The standard InChI is InChI=1S/C48H59N9O10/c1-8-33-45(63)56-23-13-16-34(56)46(64)55(7)36(24-29-18-20-32(21-19-29)54(5)6)47(65)57-27-31(26-53(3)4)38(59)25-35(57)42(60)52-40(30-14-10-9-11-15-30)48(66)67-28(2)39(43(61)50-33)51-44(62)41-37(58)17-12-22-49-41/h9-12,14-15,17-22,26,28,33-36,39-40,58H,8,13,16,23-25,27H2,1-7H3,(H,50,61)(H,51,62)(H,52,60)/b31-26-/t28-,33-,34+,35+,36+,39+,40+/m1/s1. The molecule has 3 fully saturated rings. The molecule has 67 heavy (non-hydrogen) atoms. The molecule has 3 aliphatic rings. The number of nitrogens with zero attached hydrogens (tertiary/aromatic N) is 6. The maximum absolute atomic E-state index is 15.4. The summed E-state index contributed by atoms with van der Waals surface area (Å²) in [5.41, 5.74) is 1.63. The van der Waals surface area contributed by atoms with Crippen molar-refractivity contribution in [3.8, 4) is 5.75 Å². The Labute approximate surface area is 389 Å². The fraction of sp³-hybridized carbons (Fsp3) is 0.438. The maximum atomic E-state index is 15.4. The van der Waals surface area contributed by atoms with E-state index >= 15 is 4.79 Å². The van der Waals surface area contributed by atoms with Crippen LogP contribution in [0.3, 0.4) is 0 Å². The van der Waals surface area contributed by atoms with Crippen LogP contribution in [0.25, 0.3) is 0 Å². The summed E-state index contributed by atoms with van der Waals surface area (Å²) < 4.78 is 5.90. The molecule has 0 spiro atoms. The number of anilines is 1. The van der Waals surface area contributed by atoms with E-state index in [0.717, 1.165) is 5.69 Å². The highest BCUT2D eigenvalue weighted by molar-refractivity contribution is 6.05. The fourth-order valence-corrected chi connectivity index (χ4v) is 8.56. The summed E-state index contributed by atoms with van der Waals surface area (Å²) in [6, 6.07) is 9.81. The number of aromatic hydroxyl groups is 1. The summed E-state index contributed by atoms with van der Waals surface area (Å²) in [5, 5.41) is 18.3. The van der Waals surface area contributed by atoms with Crippen molar-refractivity contribution >= 4 is 52.9 Å². The Morgan fingerprint density at radius 3 is 2.22 bits per heavy atom. The molecule has 7 atom stereocenters. The van der Waals surface area contributed by atoms with Crippen LogP contribution in [0.15, 0.2) is 84.7 Å². The van der Waals surface area contributed by atoms with Crippen LogP contribution < -0.4 is 20.9 Å². The Morgan fingerprint density at radius 2 is 1.58 bits per heavy atom. The average Bonchev–Trinajstić information content (AvgIpc) is 3.80. The number of carbonyl (C=O) groups excluding carboxylic acids is 8. The van der Waals surface area contributed by atoms with Crippen LogP contribution in [0.5, 0.6) is 5.75 Å². The van der Waals surface area contributed by atoms with Crippen molar-refractivity contribution in [2.24, 2.45) is 0 Å². The minimum Gasteiger partial charge on any atom is -0.505 e. The third kappa shape index (κ3) is 11.2. The van der Waals surface area contributed by atoms with Crippen LogP contribution in [0.1, 0.15) is 67.2 Å². The van der Waals surface area contributed by atoms with Gasteiger partial charge >= 0.3 is 5.97 Å². The molecule has 3 saturated heterocycles. The van der Waals surface area contributed by atoms with E-state index in [4.69, 9.17) is 4.74 Å². The number of esters is 1. The number of rotatable bonds is 8. The summed E-state index contributed by atoms with van der Waals surface area (Å²) in [7, 11) is 8.67. The van der Waals surface area contributed by atoms with E-state index < -0.39 is 107 Å². The molecule has 19 nitrogen and oxygen atoms in total. The third-order valence-corrected chi connectivity index (χ3v) is 12.3. The zero-order valence-corrected chi connectivity index (χ0v) is 38.8. The highest BCUT2D eigenvalue weighted by atomic mass is 16.5. The largest absolute Gasteiger partial charge is 0.505 e. The number of aromatic nitrogens is 1. The first-order valence-electron chi connectivity index (χ1n) is 22.2. The first-order valence-corrected chi connectivity index (χ1v) is 22.2. The molecular weight excluding hydrogens is 863 g/mol. The minimum atomic E-state index is -1.70. The second-order valence-corrected chi connectivity index (χ2v) is 17.4. The van der Waals surface area contributed by atoms with E-state index in [2.05, 4.69) is 20.9 Å². The van der Waals surface area contributed by atoms with E-state index in [0.29, 0.717) is 12.0 Å². The van der Waals surface area contributed by atoms with Crippen LogP contribution in [0, 0.1) is 0 Å². The van der Waals surface area contributed by atoms with Crippen molar-refractivity contribution in [3.63, 3.8) is 0 Å². The van der Waals surface area contributed by atoms with E-state index in [1.807, 2.05) is 43.3 Å². The molecule has 0 bridgehead atoms. The second kappa shape index (κ2) is 21.3. The Kier molecular flexibility index (Phi) is 15.6. The molecule has 356 valence electrons. The van der Waals surface area contributed by atoms with Crippen molar-refractivity contribution in [1.82, 2.24) is 40.5 Å². The van der Waals surface area contributed by atoms with Gasteiger partial charge in [-0.25, -0.2) is 9.78 Å². The maximum Gasteiger partial charge on any atom is 0.333 e. The molecule has 4 heterocycles. The van der Waals surface area contributed by atoms with Crippen molar-refractivity contribution < 1.29 is 48.2 Å². The summed E-state index contributed by atoms with van der Waals surface area (Å²) >= 11 is 0. The lowest BCUT2D eigenvalue weighted by atomic mass is 9.93. The van der Waals surface area contributed by atoms with Crippen molar-refractivity contribution in [3.05, 3.63) is 102 Å². The van der Waals surface area contributed by atoms with Crippen LogP contribution in [-0.2, 0) is 44.7 Å². The number of ketones is 1. The topological polar surface area (TPSA) is 231 Å². The van der Waals surface area contributed by atoms with Gasteiger partial charge in [-0.15, -0.1) is 0 Å². The van der Waals surface area contributed by atoms with Gasteiger partial charge in [0.05, 0.1) is 6.54 Å². The number of amides is 6. The Hall–Kier alpha value is -7.31. The summed E-state index contributed by atoms with van der Waals surface area (Å²) in [5.74, 6) is -6.60. The normalized spacial score (nSPS) is 25.2. The molecule has 4 N–H and O–H groups in total. The molecule has 0 unspecified atom stereocenters. The Bertz CT molecular complexity index is 2390. The quantitative estimate of drug-likeness (QED) is 0.185. The van der Waals surface area contributed by atoms with E-state index in [1.165, 1.54) is 47.0 Å². The van der Waals surface area contributed by atoms with Gasteiger partial charge < -0.3 is 50.3 Å². The lowest BCUT2D eigenvalue weighted by Crippen LogP contribution is -2.62. The van der Waals surface area contributed by atoms with Gasteiger partial charge in [0.1, 0.15) is 42.1 Å². The SMILES string of the molecule is CC[C@H]1NC(=O)[C@@H](NC(=O)c2ncccc2O)[C@@H](C)OC(=O)[C@H](c2ccccc2)NC(=O)[C@@H]2CC(=O)/C(=C\N(C)C)CN2C(=O)[C@H](Cc2ccc(N(C)C)cc2)N(C)C(=O)[C@@H]2CCCN2C1=O. The van der Waals surface area contributed by atoms with Gasteiger partial charge in [0.2, 0.25) is 29.5 Å². The van der Waals surface area contributed by atoms with Crippen molar-refractivity contribution in [1.29, 1.82) is 0 Å². The van der Waals surface area contributed by atoms with Gasteiger partial charge in [0.15, 0.2) is 17.5 Å². The van der Waals surface area contributed by atoms with Gasteiger partial charge in [-0.05, 0) is 61.6 Å². The van der Waals surface area contributed by atoms with Crippen molar-refractivity contribution in [2.45, 2.75) is 88.3 Å². The molecule has 0 radical (unpaired) electrons. The Morgan fingerprint density at radius 1 is 0.881 bits per heavy atom. The van der Waals surface area contributed by atoms with Crippen LogP contribution >= 0.6 is 0 Å². The van der Waals surface area contributed by atoms with Crippen LogP contribution in [0.4, 0.5) is 5.69 Å². The number of benzene rings is 2. The van der Waals surface area contributed by atoms with Crippen molar-refractivity contribution in [2.75, 3.05) is 53.2 Å². The molecule has 19 heteroatoms. The number of pyridine rings is 1. The number of hydrogen-bond acceptors (Lipinski definition) is 13. The predicted octanol–water partition coefficient (Wildman–Crippen LogP) is 1.33. The zero-order chi connectivity index (χ0) is 48.7. The lowest BCUT2D eigenvalue weighted by molar-refractivity contribution is -0.156. The minimum absolute atomic E-state index is 0.00512. The Balaban J connectivity index is 1.48. The number of hydrogen-bond donors (Lipinski definition) is 4. The van der Waals surface area contributed by atoms with E-state index in [9.17, 15) is 38.7 Å². The third-order valence-electron chi connectivity index (χ3n) is 12.3. The number of likely N-dealkylation sites (N-methyl/N-ethyl adjacent to an activating group) is 1. The zero-order valence-electron chi connectivity index (χ0n) is 38.8.